The molecular weight excluding hydrogens is 423 g/mol. The number of halogens is 3. The van der Waals surface area contributed by atoms with Gasteiger partial charge in [0, 0.05) is 40.6 Å². The molecule has 0 aliphatic heterocycles. The Balaban J connectivity index is 1.38. The molecule has 0 saturated heterocycles. The molecule has 5 rings (SSSR count). The number of para-hydroxylation sites is 1. The monoisotopic (exact) mass is 447 g/mol. The van der Waals surface area contributed by atoms with Crippen molar-refractivity contribution in [2.24, 2.45) is 17.0 Å². The Hall–Kier alpha value is -2.71. The smallest absolute Gasteiger partial charge is 0.405 e. The third-order valence-electron chi connectivity index (χ3n) is 6.94. The van der Waals surface area contributed by atoms with Crippen molar-refractivity contribution >= 4 is 0 Å². The molecular formula is C22H24F3N5O2. The van der Waals surface area contributed by atoms with E-state index in [4.69, 9.17) is 10.1 Å². The van der Waals surface area contributed by atoms with E-state index in [1.54, 1.807) is 12.1 Å². The van der Waals surface area contributed by atoms with Crippen LogP contribution < -0.4 is 10.1 Å². The summed E-state index contributed by atoms with van der Waals surface area (Å²) in [6, 6.07) is 6.37. The predicted octanol–water partition coefficient (Wildman–Crippen LogP) is 6.07. The first-order valence-electron chi connectivity index (χ1n) is 11.0. The van der Waals surface area contributed by atoms with Crippen molar-refractivity contribution in [3.63, 3.8) is 0 Å². The highest BCUT2D eigenvalue weighted by molar-refractivity contribution is 5.70. The summed E-state index contributed by atoms with van der Waals surface area (Å²) in [5, 5.41) is 11.8. The predicted molar refractivity (Wildman–Crippen MR) is 110 cm³/mol. The van der Waals surface area contributed by atoms with Crippen LogP contribution in [0.2, 0.25) is 0 Å². The zero-order valence-corrected chi connectivity index (χ0v) is 17.4. The molecule has 10 heteroatoms. The van der Waals surface area contributed by atoms with Crippen LogP contribution in [0.5, 0.6) is 5.75 Å². The third-order valence-corrected chi connectivity index (χ3v) is 6.94. The number of hydrogen-bond acceptors (Lipinski definition) is 5. The van der Waals surface area contributed by atoms with Gasteiger partial charge in [0.15, 0.2) is 0 Å². The highest BCUT2D eigenvalue weighted by Crippen LogP contribution is 2.47. The number of alkyl halides is 3. The van der Waals surface area contributed by atoms with Crippen LogP contribution in [0.25, 0.3) is 21.7 Å². The summed E-state index contributed by atoms with van der Waals surface area (Å²) < 4.78 is 48.7. The number of azide groups is 1. The fourth-order valence-electron chi connectivity index (χ4n) is 5.40. The van der Waals surface area contributed by atoms with Gasteiger partial charge in [-0.3, -0.25) is 0 Å². The van der Waals surface area contributed by atoms with E-state index < -0.39 is 6.36 Å². The lowest BCUT2D eigenvalue weighted by Crippen LogP contribution is -2.40. The van der Waals surface area contributed by atoms with Crippen molar-refractivity contribution < 1.29 is 22.4 Å². The number of hydrogen-bond donors (Lipinski definition) is 1. The van der Waals surface area contributed by atoms with Crippen LogP contribution in [0.3, 0.4) is 0 Å². The average molecular weight is 447 g/mol. The second-order valence-corrected chi connectivity index (χ2v) is 9.03. The van der Waals surface area contributed by atoms with Crippen LogP contribution in [0.1, 0.15) is 55.8 Å². The van der Waals surface area contributed by atoms with Gasteiger partial charge in [-0.05, 0) is 68.0 Å². The Kier molecular flexibility index (Phi) is 5.51. The maximum absolute atomic E-state index is 12.9. The minimum atomic E-state index is -4.79. The van der Waals surface area contributed by atoms with Crippen molar-refractivity contribution in [2.45, 2.75) is 69.4 Å². The summed E-state index contributed by atoms with van der Waals surface area (Å²) in [5.41, 5.74) is 10.3. The first-order valence-corrected chi connectivity index (χ1v) is 11.0. The molecule has 0 spiro atoms. The number of rotatable bonds is 7. The molecule has 2 aromatic rings. The molecule has 3 fully saturated rings. The standard InChI is InChI=1S/C22H24F3N5O2/c23-22(24,25)31-18-4-2-1-3-16(18)20-17(21(32-29-20)12-5-6-12)11-27-15-9-13-7-8-14(10-15)19(13)28-30-26/h1-4,12-15,19,27H,5-11H2. The van der Waals surface area contributed by atoms with Gasteiger partial charge in [0.1, 0.15) is 17.2 Å². The molecule has 3 aliphatic carbocycles. The van der Waals surface area contributed by atoms with Crippen molar-refractivity contribution in [3.8, 4) is 17.0 Å². The van der Waals surface area contributed by atoms with Gasteiger partial charge < -0.3 is 14.6 Å². The van der Waals surface area contributed by atoms with Crippen LogP contribution in [-0.4, -0.2) is 23.6 Å². The van der Waals surface area contributed by atoms with Crippen LogP contribution in [-0.2, 0) is 6.54 Å². The van der Waals surface area contributed by atoms with Crippen molar-refractivity contribution in [1.29, 1.82) is 0 Å². The average Bonchev–Trinajstić information content (AvgIpc) is 3.46. The molecule has 1 aromatic carbocycles. The maximum atomic E-state index is 12.9. The van der Waals surface area contributed by atoms with Crippen molar-refractivity contribution in [1.82, 2.24) is 10.5 Å². The van der Waals surface area contributed by atoms with E-state index in [0.29, 0.717) is 24.1 Å². The Bertz CT molecular complexity index is 1010. The van der Waals surface area contributed by atoms with E-state index in [9.17, 15) is 13.2 Å². The zero-order valence-electron chi connectivity index (χ0n) is 17.4. The van der Waals surface area contributed by atoms with Crippen LogP contribution in [0.15, 0.2) is 33.9 Å². The van der Waals surface area contributed by atoms with E-state index in [1.165, 1.54) is 12.1 Å². The van der Waals surface area contributed by atoms with E-state index >= 15 is 0 Å². The molecule has 2 unspecified atom stereocenters. The largest absolute Gasteiger partial charge is 0.573 e. The van der Waals surface area contributed by atoms with Crippen LogP contribution in [0.4, 0.5) is 13.2 Å². The lowest BCUT2D eigenvalue weighted by Gasteiger charge is -2.33. The second kappa shape index (κ2) is 8.33. The molecule has 1 N–H and O–H groups in total. The Morgan fingerprint density at radius 2 is 1.88 bits per heavy atom. The van der Waals surface area contributed by atoms with Gasteiger partial charge in [-0.1, -0.05) is 22.4 Å². The first kappa shape index (κ1) is 21.2. The Labute approximate surface area is 182 Å². The molecule has 0 radical (unpaired) electrons. The van der Waals surface area contributed by atoms with Gasteiger partial charge in [0.2, 0.25) is 0 Å². The molecule has 3 aliphatic rings. The maximum Gasteiger partial charge on any atom is 0.573 e. The summed E-state index contributed by atoms with van der Waals surface area (Å²) in [7, 11) is 0. The summed E-state index contributed by atoms with van der Waals surface area (Å²) >= 11 is 0. The molecule has 1 aromatic heterocycles. The fourth-order valence-corrected chi connectivity index (χ4v) is 5.40. The minimum Gasteiger partial charge on any atom is -0.405 e. The van der Waals surface area contributed by atoms with Crippen molar-refractivity contribution in [2.75, 3.05) is 0 Å². The zero-order chi connectivity index (χ0) is 22.3. The van der Waals surface area contributed by atoms with E-state index in [0.717, 1.165) is 49.8 Å². The van der Waals surface area contributed by atoms with Crippen LogP contribution >= 0.6 is 0 Å². The van der Waals surface area contributed by atoms with E-state index in [2.05, 4.69) is 25.2 Å². The molecule has 3 saturated carbocycles. The molecule has 0 amide bonds. The number of nitrogens with one attached hydrogen (secondary N) is 1. The molecule has 32 heavy (non-hydrogen) atoms. The van der Waals surface area contributed by atoms with Gasteiger partial charge in [0.25, 0.3) is 0 Å². The second-order valence-electron chi connectivity index (χ2n) is 9.03. The van der Waals surface area contributed by atoms with E-state index in [-0.39, 0.29) is 29.3 Å². The summed E-state index contributed by atoms with van der Waals surface area (Å²) in [4.78, 5) is 3.02. The number of fused-ring (bicyclic) bond motifs is 2. The lowest BCUT2D eigenvalue weighted by atomic mass is 9.81. The normalized spacial score (nSPS) is 27.2. The molecule has 7 nitrogen and oxygen atoms in total. The summed E-state index contributed by atoms with van der Waals surface area (Å²) in [6.45, 7) is 0.460. The van der Waals surface area contributed by atoms with Crippen molar-refractivity contribution in [3.05, 3.63) is 46.0 Å². The summed E-state index contributed by atoms with van der Waals surface area (Å²) in [6.07, 6.45) is 1.18. The fraction of sp³-hybridized carbons (Fsp3) is 0.591. The van der Waals surface area contributed by atoms with Gasteiger partial charge in [-0.15, -0.1) is 13.2 Å². The number of benzene rings is 1. The Morgan fingerprint density at radius 3 is 2.53 bits per heavy atom. The quantitative estimate of drug-likeness (QED) is 0.316. The number of ether oxygens (including phenoxy) is 1. The van der Waals surface area contributed by atoms with Gasteiger partial charge in [-0.2, -0.15) is 0 Å². The van der Waals surface area contributed by atoms with E-state index in [1.807, 2.05) is 0 Å². The molecule has 2 bridgehead atoms. The van der Waals surface area contributed by atoms with Gasteiger partial charge in [0.05, 0.1) is 0 Å². The number of aromatic nitrogens is 1. The van der Waals surface area contributed by atoms with Gasteiger partial charge in [-0.25, -0.2) is 0 Å². The van der Waals surface area contributed by atoms with Crippen LogP contribution in [0, 0.1) is 11.8 Å². The SMILES string of the molecule is [N-]=[N+]=NC1C2CCC1CC(NCc1c(-c3ccccc3OC(F)(F)F)noc1C1CC1)C2. The van der Waals surface area contributed by atoms with Gasteiger partial charge >= 0.3 is 6.36 Å². The molecule has 1 heterocycles. The highest BCUT2D eigenvalue weighted by atomic mass is 19.4. The first-order chi connectivity index (χ1) is 15.4. The minimum absolute atomic E-state index is 0.0811. The lowest BCUT2D eigenvalue weighted by molar-refractivity contribution is -0.274. The Morgan fingerprint density at radius 1 is 1.16 bits per heavy atom. The molecule has 2 atom stereocenters. The molecule has 170 valence electrons. The third kappa shape index (κ3) is 4.29. The number of nitrogens with zero attached hydrogens (tertiary/aromatic N) is 4. The highest BCUT2D eigenvalue weighted by Gasteiger charge is 2.42. The topological polar surface area (TPSA) is 96.1 Å². The summed E-state index contributed by atoms with van der Waals surface area (Å²) in [5.74, 6) is 1.49.